The van der Waals surface area contributed by atoms with Gasteiger partial charge in [-0.2, -0.15) is 5.10 Å². The van der Waals surface area contributed by atoms with Gasteiger partial charge in [-0.05, 0) is 31.4 Å². The number of anilines is 3. The number of hydrogen-bond acceptors (Lipinski definition) is 8. The van der Waals surface area contributed by atoms with E-state index in [0.29, 0.717) is 34.8 Å². The van der Waals surface area contributed by atoms with Gasteiger partial charge in [0.2, 0.25) is 5.88 Å². The number of pyridine rings is 2. The van der Waals surface area contributed by atoms with Crippen molar-refractivity contribution in [2.24, 2.45) is 0 Å². The molecule has 188 valence electrons. The lowest BCUT2D eigenvalue weighted by atomic mass is 10.1. The Labute approximate surface area is 212 Å². The molecular weight excluding hydrogens is 486 g/mol. The van der Waals surface area contributed by atoms with Gasteiger partial charge in [0.05, 0.1) is 41.3 Å². The van der Waals surface area contributed by atoms with Gasteiger partial charge in [0.1, 0.15) is 12.7 Å². The maximum absolute atomic E-state index is 13.5. The normalized spacial score (nSPS) is 19.2. The zero-order chi connectivity index (χ0) is 24.8. The van der Waals surface area contributed by atoms with E-state index in [1.165, 1.54) is 6.20 Å². The number of amides is 2. The summed E-state index contributed by atoms with van der Waals surface area (Å²) in [5.74, 6) is 0.794. The van der Waals surface area contributed by atoms with Crippen molar-refractivity contribution in [2.75, 3.05) is 41.4 Å². The molecule has 2 amide bonds. The number of aliphatic hydroxyl groups excluding tert-OH is 2. The van der Waals surface area contributed by atoms with Crippen molar-refractivity contribution in [1.29, 1.82) is 0 Å². The molecule has 0 spiro atoms. The SMILES string of the molecule is O=C(Nc1ccnc(OC[C@H](O)CO)c1)N1c2nc(-c3cnn(C4CC4)c3)c(Cl)cc2N2CC[C@H]1C2. The number of nitrogens with one attached hydrogen (secondary N) is 1. The summed E-state index contributed by atoms with van der Waals surface area (Å²) in [4.78, 5) is 26.4. The van der Waals surface area contributed by atoms with Gasteiger partial charge in [0.25, 0.3) is 0 Å². The number of urea groups is 1. The van der Waals surface area contributed by atoms with Crippen LogP contribution in [0.3, 0.4) is 0 Å². The lowest BCUT2D eigenvalue weighted by Crippen LogP contribution is -2.48. The highest BCUT2D eigenvalue weighted by atomic mass is 35.5. The Kier molecular flexibility index (Phi) is 5.90. The molecule has 36 heavy (non-hydrogen) atoms. The third-order valence-electron chi connectivity index (χ3n) is 6.67. The number of ether oxygens (including phenoxy) is 1. The van der Waals surface area contributed by atoms with E-state index in [1.54, 1.807) is 23.2 Å². The maximum atomic E-state index is 13.5. The first kappa shape index (κ1) is 23.0. The van der Waals surface area contributed by atoms with Crippen LogP contribution in [0.2, 0.25) is 5.02 Å². The summed E-state index contributed by atoms with van der Waals surface area (Å²) in [5.41, 5.74) is 2.75. The Hall–Kier alpha value is -3.41. The summed E-state index contributed by atoms with van der Waals surface area (Å²) in [6, 6.07) is 5.23. The smallest absolute Gasteiger partial charge is 0.327 e. The molecular formula is C24H26ClN7O4. The van der Waals surface area contributed by atoms with Crippen LogP contribution in [-0.2, 0) is 0 Å². The molecule has 2 fully saturated rings. The van der Waals surface area contributed by atoms with E-state index >= 15 is 0 Å². The standard InChI is InChI=1S/C24H26ClN7O4/c25-19-8-20-23(29-22(19)14-9-27-31(10-14)16-1-2-16)32(17-4-6-30(20)11-17)24(35)28-15-3-5-26-21(7-15)36-13-18(34)12-33/h3,5,7-10,16-18,33-34H,1-2,4,6,11-13H2,(H,26,28,35)/t17-,18+/m0/s1. The first-order chi connectivity index (χ1) is 17.5. The van der Waals surface area contributed by atoms with Crippen molar-refractivity contribution in [1.82, 2.24) is 19.7 Å². The zero-order valence-corrected chi connectivity index (χ0v) is 20.2. The number of aromatic nitrogens is 4. The largest absolute Gasteiger partial charge is 0.475 e. The monoisotopic (exact) mass is 511 g/mol. The van der Waals surface area contributed by atoms with Crippen molar-refractivity contribution in [3.63, 3.8) is 0 Å². The van der Waals surface area contributed by atoms with E-state index in [0.717, 1.165) is 37.1 Å². The maximum Gasteiger partial charge on any atom is 0.327 e. The highest BCUT2D eigenvalue weighted by Gasteiger charge is 2.41. The van der Waals surface area contributed by atoms with Crippen LogP contribution in [0.4, 0.5) is 22.0 Å². The molecule has 1 saturated heterocycles. The highest BCUT2D eigenvalue weighted by Crippen LogP contribution is 2.43. The van der Waals surface area contributed by atoms with Crippen molar-refractivity contribution < 1.29 is 19.7 Å². The Bertz CT molecular complexity index is 1300. The molecule has 3 aromatic rings. The molecule has 5 heterocycles. The number of rotatable bonds is 7. The Morgan fingerprint density at radius 2 is 2.14 bits per heavy atom. The molecule has 11 nitrogen and oxygen atoms in total. The molecule has 6 rings (SSSR count). The second-order valence-corrected chi connectivity index (χ2v) is 9.73. The quantitative estimate of drug-likeness (QED) is 0.441. The summed E-state index contributed by atoms with van der Waals surface area (Å²) >= 11 is 6.67. The van der Waals surface area contributed by atoms with Crippen LogP contribution in [-0.4, -0.2) is 74.4 Å². The van der Waals surface area contributed by atoms with Gasteiger partial charge in [0, 0.05) is 42.8 Å². The second-order valence-electron chi connectivity index (χ2n) is 9.32. The fraction of sp³-hybridized carbons (Fsp3) is 0.417. The molecule has 3 N–H and O–H groups in total. The van der Waals surface area contributed by atoms with Crippen molar-refractivity contribution in [3.8, 4) is 17.1 Å². The van der Waals surface area contributed by atoms with E-state index in [1.807, 2.05) is 16.9 Å². The van der Waals surface area contributed by atoms with Gasteiger partial charge in [-0.3, -0.25) is 9.58 Å². The molecule has 2 bridgehead atoms. The average molecular weight is 512 g/mol. The van der Waals surface area contributed by atoms with E-state index in [4.69, 9.17) is 26.4 Å². The molecule has 1 aliphatic carbocycles. The Morgan fingerprint density at radius 1 is 1.28 bits per heavy atom. The lowest BCUT2D eigenvalue weighted by molar-refractivity contribution is 0.0521. The number of carbonyl (C=O) groups excluding carboxylic acids is 1. The summed E-state index contributed by atoms with van der Waals surface area (Å²) in [7, 11) is 0. The molecule has 3 aromatic heterocycles. The van der Waals surface area contributed by atoms with Crippen LogP contribution in [0.15, 0.2) is 36.8 Å². The van der Waals surface area contributed by atoms with Crippen molar-refractivity contribution >= 4 is 34.8 Å². The van der Waals surface area contributed by atoms with E-state index < -0.39 is 12.7 Å². The van der Waals surface area contributed by atoms with Crippen LogP contribution in [0.25, 0.3) is 11.3 Å². The first-order valence-electron chi connectivity index (χ1n) is 12.0. The van der Waals surface area contributed by atoms with Gasteiger partial charge >= 0.3 is 6.03 Å². The number of nitrogens with zero attached hydrogens (tertiary/aromatic N) is 6. The fourth-order valence-electron chi connectivity index (χ4n) is 4.67. The van der Waals surface area contributed by atoms with E-state index in [2.05, 4.69) is 20.3 Å². The molecule has 0 unspecified atom stereocenters. The summed E-state index contributed by atoms with van der Waals surface area (Å²) in [6.45, 7) is 1.01. The van der Waals surface area contributed by atoms with E-state index in [9.17, 15) is 9.90 Å². The van der Waals surface area contributed by atoms with Crippen LogP contribution in [0.1, 0.15) is 25.3 Å². The van der Waals surface area contributed by atoms with Gasteiger partial charge < -0.3 is 25.2 Å². The third-order valence-corrected chi connectivity index (χ3v) is 6.96. The van der Waals surface area contributed by atoms with Gasteiger partial charge in [-0.15, -0.1) is 0 Å². The number of halogens is 1. The molecule has 0 aromatic carbocycles. The van der Waals surface area contributed by atoms with Gasteiger partial charge in [-0.1, -0.05) is 11.6 Å². The van der Waals surface area contributed by atoms with Gasteiger partial charge in [0.15, 0.2) is 5.82 Å². The predicted molar refractivity (Wildman–Crippen MR) is 134 cm³/mol. The minimum atomic E-state index is -1.01. The van der Waals surface area contributed by atoms with Crippen LogP contribution < -0.4 is 19.9 Å². The van der Waals surface area contributed by atoms with Crippen molar-refractivity contribution in [3.05, 3.63) is 41.8 Å². The summed E-state index contributed by atoms with van der Waals surface area (Å²) in [6.07, 6.45) is 7.30. The molecule has 3 aliphatic rings. The summed E-state index contributed by atoms with van der Waals surface area (Å²) < 4.78 is 7.36. The minimum absolute atomic E-state index is 0.0227. The lowest BCUT2D eigenvalue weighted by Gasteiger charge is -2.36. The molecule has 0 radical (unpaired) electrons. The van der Waals surface area contributed by atoms with Crippen molar-refractivity contribution in [2.45, 2.75) is 37.5 Å². The third kappa shape index (κ3) is 4.34. The first-order valence-corrected chi connectivity index (χ1v) is 12.4. The topological polar surface area (TPSA) is 129 Å². The number of carbonyl (C=O) groups is 1. The number of fused-ring (bicyclic) bond motifs is 4. The number of aliphatic hydroxyl groups is 2. The highest BCUT2D eigenvalue weighted by molar-refractivity contribution is 6.33. The Morgan fingerprint density at radius 3 is 2.94 bits per heavy atom. The molecule has 2 aliphatic heterocycles. The summed E-state index contributed by atoms with van der Waals surface area (Å²) in [5, 5.41) is 26.4. The zero-order valence-electron chi connectivity index (χ0n) is 19.4. The van der Waals surface area contributed by atoms with Gasteiger partial charge in [-0.25, -0.2) is 14.8 Å². The molecule has 2 atom stereocenters. The molecule has 1 saturated carbocycles. The minimum Gasteiger partial charge on any atom is -0.475 e. The predicted octanol–water partition coefficient (Wildman–Crippen LogP) is 2.69. The Balaban J connectivity index is 1.28. The van der Waals surface area contributed by atoms with E-state index in [-0.39, 0.29) is 24.6 Å². The number of hydrogen-bond donors (Lipinski definition) is 3. The van der Waals surface area contributed by atoms with Crippen LogP contribution in [0, 0.1) is 0 Å². The fourth-order valence-corrected chi connectivity index (χ4v) is 4.93. The second kappa shape index (κ2) is 9.23. The molecule has 12 heteroatoms. The van der Waals surface area contributed by atoms with Crippen LogP contribution >= 0.6 is 11.6 Å². The van der Waals surface area contributed by atoms with Crippen LogP contribution in [0.5, 0.6) is 5.88 Å². The average Bonchev–Trinajstić information content (AvgIpc) is 3.46.